The molecule has 6 heteroatoms. The summed E-state index contributed by atoms with van der Waals surface area (Å²) in [7, 11) is 0. The van der Waals surface area contributed by atoms with Gasteiger partial charge in [0.1, 0.15) is 0 Å². The van der Waals surface area contributed by atoms with Crippen molar-refractivity contribution in [3.8, 4) is 0 Å². The predicted molar refractivity (Wildman–Crippen MR) is 68.2 cm³/mol. The number of H-pyrrole nitrogens is 1. The molecule has 1 aromatic carbocycles. The van der Waals surface area contributed by atoms with Gasteiger partial charge in [0, 0.05) is 23.2 Å². The van der Waals surface area contributed by atoms with Crippen LogP contribution in [-0.4, -0.2) is 21.1 Å². The quantitative estimate of drug-likeness (QED) is 0.691. The third-order valence-corrected chi connectivity index (χ3v) is 2.72. The van der Waals surface area contributed by atoms with Gasteiger partial charge in [-0.05, 0) is 18.2 Å². The summed E-state index contributed by atoms with van der Waals surface area (Å²) in [5.74, 6) is -1.08. The van der Waals surface area contributed by atoms with Crippen LogP contribution in [0, 0.1) is 5.95 Å². The summed E-state index contributed by atoms with van der Waals surface area (Å²) in [5, 5.41) is 10.2. The van der Waals surface area contributed by atoms with Crippen LogP contribution in [0.25, 0.3) is 10.9 Å². The maximum atomic E-state index is 13.0. The zero-order valence-corrected chi connectivity index (χ0v) is 9.72. The molecule has 0 spiro atoms. The van der Waals surface area contributed by atoms with E-state index in [0.29, 0.717) is 5.69 Å². The Morgan fingerprint density at radius 2 is 2.21 bits per heavy atom. The molecule has 0 aliphatic rings. The van der Waals surface area contributed by atoms with Gasteiger partial charge >= 0.3 is 0 Å². The van der Waals surface area contributed by atoms with Crippen LogP contribution in [-0.2, 0) is 0 Å². The first-order chi connectivity index (χ1) is 9.24. The fraction of sp³-hybridized carbons (Fsp3) is 0. The van der Waals surface area contributed by atoms with Gasteiger partial charge in [-0.3, -0.25) is 9.89 Å². The van der Waals surface area contributed by atoms with Crippen molar-refractivity contribution in [2.75, 3.05) is 5.32 Å². The lowest BCUT2D eigenvalue weighted by Crippen LogP contribution is -2.12. The average Bonchev–Trinajstić information content (AvgIpc) is 2.88. The number of pyridine rings is 1. The number of fused-ring (bicyclic) bond motifs is 1. The number of nitrogens with zero attached hydrogens (tertiary/aromatic N) is 2. The number of hydrogen-bond donors (Lipinski definition) is 2. The number of hydrogen-bond acceptors (Lipinski definition) is 3. The van der Waals surface area contributed by atoms with Gasteiger partial charge in [0.25, 0.3) is 5.91 Å². The van der Waals surface area contributed by atoms with Crippen LogP contribution in [0.3, 0.4) is 0 Å². The number of halogens is 1. The first kappa shape index (κ1) is 11.3. The second-order valence-corrected chi connectivity index (χ2v) is 3.96. The van der Waals surface area contributed by atoms with Crippen LogP contribution in [0.15, 0.2) is 42.7 Å². The fourth-order valence-corrected chi connectivity index (χ4v) is 1.82. The molecule has 0 bridgehead atoms. The largest absolute Gasteiger partial charge is 0.321 e. The van der Waals surface area contributed by atoms with Crippen molar-refractivity contribution < 1.29 is 9.18 Å². The molecule has 0 fully saturated rings. The Morgan fingerprint density at radius 3 is 3.05 bits per heavy atom. The van der Waals surface area contributed by atoms with Crippen LogP contribution in [0.5, 0.6) is 0 Å². The van der Waals surface area contributed by atoms with Gasteiger partial charge in [-0.1, -0.05) is 6.07 Å². The molecule has 3 rings (SSSR count). The lowest BCUT2D eigenvalue weighted by Gasteiger charge is -2.06. The molecule has 2 aromatic heterocycles. The number of anilines is 1. The highest BCUT2D eigenvalue weighted by molar-refractivity contribution is 6.08. The topological polar surface area (TPSA) is 70.7 Å². The predicted octanol–water partition coefficient (Wildman–Crippen LogP) is 2.35. The lowest BCUT2D eigenvalue weighted by molar-refractivity contribution is 0.102. The minimum atomic E-state index is -0.686. The van der Waals surface area contributed by atoms with Crippen molar-refractivity contribution in [3.05, 3.63) is 54.2 Å². The molecule has 0 aliphatic carbocycles. The summed E-state index contributed by atoms with van der Waals surface area (Å²) in [6, 6.07) is 7.94. The number of aromatic nitrogens is 3. The van der Waals surface area contributed by atoms with Crippen molar-refractivity contribution in [1.82, 2.24) is 15.2 Å². The molecule has 0 saturated carbocycles. The molecule has 0 saturated heterocycles. The number of benzene rings is 1. The van der Waals surface area contributed by atoms with E-state index < -0.39 is 11.9 Å². The van der Waals surface area contributed by atoms with E-state index in [1.54, 1.807) is 18.3 Å². The van der Waals surface area contributed by atoms with Crippen molar-refractivity contribution >= 4 is 22.5 Å². The molecule has 19 heavy (non-hydrogen) atoms. The number of carbonyl (C=O) groups is 1. The van der Waals surface area contributed by atoms with Gasteiger partial charge in [-0.2, -0.15) is 9.49 Å². The van der Waals surface area contributed by atoms with E-state index in [2.05, 4.69) is 20.5 Å². The Balaban J connectivity index is 1.93. The molecule has 5 nitrogen and oxygen atoms in total. The number of carbonyl (C=O) groups excluding carboxylic acids is 1. The molecule has 2 heterocycles. The van der Waals surface area contributed by atoms with E-state index in [0.717, 1.165) is 17.0 Å². The van der Waals surface area contributed by atoms with Gasteiger partial charge in [0.2, 0.25) is 5.95 Å². The van der Waals surface area contributed by atoms with E-state index in [1.165, 1.54) is 12.3 Å². The molecule has 0 atom stereocenters. The average molecular weight is 256 g/mol. The first-order valence-corrected chi connectivity index (χ1v) is 5.59. The van der Waals surface area contributed by atoms with Gasteiger partial charge in [0.05, 0.1) is 17.4 Å². The monoisotopic (exact) mass is 256 g/mol. The minimum absolute atomic E-state index is 0.216. The van der Waals surface area contributed by atoms with E-state index in [-0.39, 0.29) is 5.56 Å². The third kappa shape index (κ3) is 2.15. The maximum absolute atomic E-state index is 13.0. The van der Waals surface area contributed by atoms with Crippen molar-refractivity contribution in [2.24, 2.45) is 0 Å². The summed E-state index contributed by atoms with van der Waals surface area (Å²) in [6.07, 6.45) is 2.88. The van der Waals surface area contributed by atoms with Crippen LogP contribution in [0.2, 0.25) is 0 Å². The molecule has 0 unspecified atom stereocenters. The van der Waals surface area contributed by atoms with Crippen LogP contribution >= 0.6 is 0 Å². The van der Waals surface area contributed by atoms with Crippen molar-refractivity contribution in [2.45, 2.75) is 0 Å². The summed E-state index contributed by atoms with van der Waals surface area (Å²) in [6.45, 7) is 0. The van der Waals surface area contributed by atoms with Crippen molar-refractivity contribution in [1.29, 1.82) is 0 Å². The molecule has 3 aromatic rings. The highest BCUT2D eigenvalue weighted by Crippen LogP contribution is 2.21. The van der Waals surface area contributed by atoms with Gasteiger partial charge < -0.3 is 5.32 Å². The first-order valence-electron chi connectivity index (χ1n) is 5.59. The molecule has 94 valence electrons. The minimum Gasteiger partial charge on any atom is -0.321 e. The Labute approximate surface area is 107 Å². The number of aromatic amines is 1. The standard InChI is InChI=1S/C13H9FN4O/c14-12-6-8(4-5-15-12)13(19)17-10-2-1-3-11-9(10)7-16-18-11/h1-7H,(H,16,18)(H,17,19). The van der Waals surface area contributed by atoms with Crippen LogP contribution in [0.4, 0.5) is 10.1 Å². The van der Waals surface area contributed by atoms with E-state index in [4.69, 9.17) is 0 Å². The Morgan fingerprint density at radius 1 is 1.32 bits per heavy atom. The number of amides is 1. The lowest BCUT2D eigenvalue weighted by atomic mass is 10.2. The van der Waals surface area contributed by atoms with Crippen molar-refractivity contribution in [3.63, 3.8) is 0 Å². The third-order valence-electron chi connectivity index (χ3n) is 2.72. The van der Waals surface area contributed by atoms with Gasteiger partial charge in [-0.15, -0.1) is 0 Å². The number of nitrogens with one attached hydrogen (secondary N) is 2. The molecular weight excluding hydrogens is 247 g/mol. The number of rotatable bonds is 2. The van der Waals surface area contributed by atoms with E-state index >= 15 is 0 Å². The summed E-state index contributed by atoms with van der Waals surface area (Å²) < 4.78 is 13.0. The molecular formula is C13H9FN4O. The SMILES string of the molecule is O=C(Nc1cccc2[nH]ncc12)c1ccnc(F)c1. The Kier molecular flexibility index (Phi) is 2.68. The van der Waals surface area contributed by atoms with Gasteiger partial charge in [-0.25, -0.2) is 4.98 Å². The molecule has 1 amide bonds. The smallest absolute Gasteiger partial charge is 0.255 e. The molecule has 0 aliphatic heterocycles. The highest BCUT2D eigenvalue weighted by Gasteiger charge is 2.10. The second kappa shape index (κ2) is 4.49. The van der Waals surface area contributed by atoms with Crippen LogP contribution < -0.4 is 5.32 Å². The fourth-order valence-electron chi connectivity index (χ4n) is 1.82. The second-order valence-electron chi connectivity index (χ2n) is 3.96. The Bertz CT molecular complexity index is 753. The normalized spacial score (nSPS) is 10.6. The van der Waals surface area contributed by atoms with E-state index in [9.17, 15) is 9.18 Å². The zero-order valence-electron chi connectivity index (χ0n) is 9.72. The molecule has 2 N–H and O–H groups in total. The van der Waals surface area contributed by atoms with E-state index in [1.807, 2.05) is 6.07 Å². The Hall–Kier alpha value is -2.76. The molecule has 0 radical (unpaired) electrons. The summed E-state index contributed by atoms with van der Waals surface area (Å²) >= 11 is 0. The summed E-state index contributed by atoms with van der Waals surface area (Å²) in [5.41, 5.74) is 1.65. The maximum Gasteiger partial charge on any atom is 0.255 e. The highest BCUT2D eigenvalue weighted by atomic mass is 19.1. The van der Waals surface area contributed by atoms with Crippen LogP contribution in [0.1, 0.15) is 10.4 Å². The summed E-state index contributed by atoms with van der Waals surface area (Å²) in [4.78, 5) is 15.4. The zero-order chi connectivity index (χ0) is 13.2. The van der Waals surface area contributed by atoms with Gasteiger partial charge in [0.15, 0.2) is 0 Å².